The Morgan fingerprint density at radius 3 is 2.52 bits per heavy atom. The van der Waals surface area contributed by atoms with Crippen molar-refractivity contribution < 1.29 is 27.6 Å². The zero-order valence-corrected chi connectivity index (χ0v) is 15.7. The molecule has 2 heterocycles. The van der Waals surface area contributed by atoms with E-state index in [2.05, 4.69) is 10.6 Å². The summed E-state index contributed by atoms with van der Waals surface area (Å²) in [6, 6.07) is 2.20. The van der Waals surface area contributed by atoms with Crippen molar-refractivity contribution in [3.63, 3.8) is 0 Å². The van der Waals surface area contributed by atoms with Gasteiger partial charge < -0.3 is 21.3 Å². The molecule has 7 nitrogen and oxygen atoms in total. The normalized spacial score (nSPS) is 24.3. The van der Waals surface area contributed by atoms with E-state index in [1.807, 2.05) is 0 Å². The average Bonchev–Trinajstić information content (AvgIpc) is 3.10. The van der Waals surface area contributed by atoms with Gasteiger partial charge in [0.15, 0.2) is 0 Å². The second-order valence-electron chi connectivity index (χ2n) is 7.33. The third kappa shape index (κ3) is 4.69. The molecule has 1 aromatic carbocycles. The number of nitrogens with one attached hydrogen (secondary N) is 2. The molecular weight excluding hydrogens is 389 g/mol. The molecule has 3 rings (SSSR count). The van der Waals surface area contributed by atoms with Crippen molar-refractivity contribution in [2.45, 2.75) is 50.0 Å². The number of carbonyl (C=O) groups excluding carboxylic acids is 3. The van der Waals surface area contributed by atoms with Crippen LogP contribution < -0.4 is 16.4 Å². The summed E-state index contributed by atoms with van der Waals surface area (Å²) in [5.41, 5.74) is 4.70. The smallest absolute Gasteiger partial charge is 0.347 e. The van der Waals surface area contributed by atoms with Crippen molar-refractivity contribution in [1.82, 2.24) is 15.5 Å². The number of piperazine rings is 1. The quantitative estimate of drug-likeness (QED) is 0.607. The van der Waals surface area contributed by atoms with E-state index in [9.17, 15) is 27.6 Å². The summed E-state index contributed by atoms with van der Waals surface area (Å²) < 4.78 is 37.9. The fourth-order valence-corrected chi connectivity index (χ4v) is 3.73. The van der Waals surface area contributed by atoms with Crippen LogP contribution in [0, 0.1) is 0 Å². The van der Waals surface area contributed by atoms with Crippen LogP contribution >= 0.6 is 0 Å². The number of alkyl halides is 3. The first-order valence-electron chi connectivity index (χ1n) is 9.49. The number of benzene rings is 1. The Balaban J connectivity index is 1.60. The van der Waals surface area contributed by atoms with Crippen LogP contribution in [0.1, 0.15) is 41.6 Å². The minimum atomic E-state index is -4.47. The fraction of sp³-hybridized carbons (Fsp3) is 0.526. The van der Waals surface area contributed by atoms with Crippen molar-refractivity contribution in [1.29, 1.82) is 0 Å². The van der Waals surface area contributed by atoms with E-state index >= 15 is 0 Å². The highest BCUT2D eigenvalue weighted by atomic mass is 19.4. The number of amides is 3. The average molecular weight is 412 g/mol. The lowest BCUT2D eigenvalue weighted by atomic mass is 10.0. The molecule has 1 aromatic rings. The van der Waals surface area contributed by atoms with Crippen molar-refractivity contribution in [2.75, 3.05) is 13.1 Å². The van der Waals surface area contributed by atoms with Crippen LogP contribution in [0.2, 0.25) is 0 Å². The van der Waals surface area contributed by atoms with Crippen molar-refractivity contribution in [3.05, 3.63) is 35.4 Å². The van der Waals surface area contributed by atoms with Gasteiger partial charge in [-0.05, 0) is 56.5 Å². The number of hydrogen-bond acceptors (Lipinski definition) is 4. The summed E-state index contributed by atoms with van der Waals surface area (Å²) in [5, 5.41) is 5.44. The highest BCUT2D eigenvalue weighted by Gasteiger charge is 2.46. The lowest BCUT2D eigenvalue weighted by Crippen LogP contribution is -2.61. The fourth-order valence-electron chi connectivity index (χ4n) is 3.73. The summed E-state index contributed by atoms with van der Waals surface area (Å²) in [4.78, 5) is 38.8. The molecule has 2 aliphatic heterocycles. The van der Waals surface area contributed by atoms with Crippen LogP contribution in [-0.4, -0.2) is 53.8 Å². The maximum absolute atomic E-state index is 12.6. The van der Waals surface area contributed by atoms with E-state index in [0.717, 1.165) is 37.1 Å². The van der Waals surface area contributed by atoms with Crippen LogP contribution in [0.4, 0.5) is 13.2 Å². The Morgan fingerprint density at radius 2 is 1.90 bits per heavy atom. The molecule has 3 amide bonds. The Morgan fingerprint density at radius 1 is 1.21 bits per heavy atom. The molecular formula is C19H23F3N4O3. The number of nitrogens with zero attached hydrogens (tertiary/aromatic N) is 1. The van der Waals surface area contributed by atoms with Gasteiger partial charge in [-0.3, -0.25) is 14.4 Å². The summed E-state index contributed by atoms with van der Waals surface area (Å²) >= 11 is 0. The number of nitrogens with two attached hydrogens (primary N) is 1. The van der Waals surface area contributed by atoms with Gasteiger partial charge in [-0.1, -0.05) is 0 Å². The first kappa shape index (κ1) is 21.1. The van der Waals surface area contributed by atoms with Gasteiger partial charge >= 0.3 is 6.18 Å². The standard InChI is InChI=1S/C19H23F3N4O3/c20-19(21,22)12-6-4-11(5-7-12)16(27)24-13-9-15-17(28)25-14(3-1-2-8-23)18(29)26(15)10-13/h4-7,13-15H,1-3,8-10,23H2,(H,24,27)(H,25,28)/t13-,14-,15-/m0/s1. The predicted octanol–water partition coefficient (Wildman–Crippen LogP) is 1.03. The summed E-state index contributed by atoms with van der Waals surface area (Å²) in [7, 11) is 0. The van der Waals surface area contributed by atoms with Gasteiger partial charge in [-0.15, -0.1) is 0 Å². The molecule has 2 fully saturated rings. The minimum Gasteiger partial charge on any atom is -0.347 e. The monoisotopic (exact) mass is 412 g/mol. The Hall–Kier alpha value is -2.62. The number of unbranched alkanes of at least 4 members (excludes halogenated alkanes) is 1. The van der Waals surface area contributed by atoms with Crippen LogP contribution in [0.3, 0.4) is 0 Å². The highest BCUT2D eigenvalue weighted by molar-refractivity contribution is 5.98. The highest BCUT2D eigenvalue weighted by Crippen LogP contribution is 2.29. The second-order valence-corrected chi connectivity index (χ2v) is 7.33. The summed E-state index contributed by atoms with van der Waals surface area (Å²) in [6.45, 7) is 0.704. The topological polar surface area (TPSA) is 105 Å². The molecule has 29 heavy (non-hydrogen) atoms. The van der Waals surface area contributed by atoms with E-state index in [0.29, 0.717) is 13.0 Å². The molecule has 2 aliphatic rings. The number of rotatable bonds is 6. The molecule has 0 saturated carbocycles. The zero-order chi connectivity index (χ0) is 21.2. The van der Waals surface area contributed by atoms with Gasteiger partial charge in [-0.25, -0.2) is 0 Å². The number of carbonyl (C=O) groups is 3. The third-order valence-electron chi connectivity index (χ3n) is 5.26. The van der Waals surface area contributed by atoms with Crippen LogP contribution in [0.15, 0.2) is 24.3 Å². The predicted molar refractivity (Wildman–Crippen MR) is 97.7 cm³/mol. The molecule has 0 bridgehead atoms. The Kier molecular flexibility index (Phi) is 6.11. The molecule has 4 N–H and O–H groups in total. The van der Waals surface area contributed by atoms with Crippen molar-refractivity contribution in [2.24, 2.45) is 5.73 Å². The molecule has 158 valence electrons. The van der Waals surface area contributed by atoms with Gasteiger partial charge in [0, 0.05) is 18.2 Å². The number of hydrogen-bond donors (Lipinski definition) is 3. The summed E-state index contributed by atoms with van der Waals surface area (Å²) in [6.07, 6.45) is -2.22. The van der Waals surface area contributed by atoms with E-state index in [1.54, 1.807) is 0 Å². The third-order valence-corrected chi connectivity index (χ3v) is 5.26. The van der Waals surface area contributed by atoms with Crippen LogP contribution in [0.5, 0.6) is 0 Å². The molecule has 10 heteroatoms. The van der Waals surface area contributed by atoms with Crippen molar-refractivity contribution >= 4 is 17.7 Å². The number of halogens is 3. The maximum Gasteiger partial charge on any atom is 0.416 e. The lowest BCUT2D eigenvalue weighted by molar-refractivity contribution is -0.147. The first-order valence-corrected chi connectivity index (χ1v) is 9.49. The molecule has 0 radical (unpaired) electrons. The molecule has 0 aromatic heterocycles. The van der Waals surface area contributed by atoms with E-state index in [1.165, 1.54) is 4.90 Å². The van der Waals surface area contributed by atoms with Gasteiger partial charge in [-0.2, -0.15) is 13.2 Å². The Labute approximate surface area is 165 Å². The van der Waals surface area contributed by atoms with Gasteiger partial charge in [0.2, 0.25) is 11.8 Å². The molecule has 0 unspecified atom stereocenters. The minimum absolute atomic E-state index is 0.0818. The zero-order valence-electron chi connectivity index (χ0n) is 15.7. The van der Waals surface area contributed by atoms with E-state index < -0.39 is 35.8 Å². The second kappa shape index (κ2) is 8.40. The molecule has 0 spiro atoms. The first-order chi connectivity index (χ1) is 13.7. The SMILES string of the molecule is NCCCC[C@@H]1NC(=O)[C@@H]2C[C@H](NC(=O)c3ccc(C(F)(F)F)cc3)CN2C1=O. The van der Waals surface area contributed by atoms with Gasteiger partial charge in [0.1, 0.15) is 12.1 Å². The lowest BCUT2D eigenvalue weighted by Gasteiger charge is -2.34. The van der Waals surface area contributed by atoms with Crippen LogP contribution in [0.25, 0.3) is 0 Å². The Bertz CT molecular complexity index is 782. The van der Waals surface area contributed by atoms with Gasteiger partial charge in [0.05, 0.1) is 5.56 Å². The van der Waals surface area contributed by atoms with Crippen molar-refractivity contribution in [3.8, 4) is 0 Å². The largest absolute Gasteiger partial charge is 0.416 e. The van der Waals surface area contributed by atoms with E-state index in [-0.39, 0.29) is 30.3 Å². The van der Waals surface area contributed by atoms with E-state index in [4.69, 9.17) is 5.73 Å². The molecule has 3 atom stereocenters. The maximum atomic E-state index is 12.6. The van der Waals surface area contributed by atoms with Gasteiger partial charge in [0.25, 0.3) is 5.91 Å². The number of fused-ring (bicyclic) bond motifs is 1. The molecule has 0 aliphatic carbocycles. The van der Waals surface area contributed by atoms with Crippen LogP contribution in [-0.2, 0) is 15.8 Å². The summed E-state index contributed by atoms with van der Waals surface area (Å²) in [5.74, 6) is -0.984. The molecule has 2 saturated heterocycles.